The van der Waals surface area contributed by atoms with Crippen molar-refractivity contribution in [1.82, 2.24) is 0 Å². The van der Waals surface area contributed by atoms with Crippen LogP contribution in [0.1, 0.15) is 10.4 Å². The van der Waals surface area contributed by atoms with Crippen LogP contribution in [-0.2, 0) is 0 Å². The molecule has 0 spiro atoms. The second-order valence-electron chi connectivity index (χ2n) is 2.40. The lowest BCUT2D eigenvalue weighted by atomic mass is 10.2. The van der Waals surface area contributed by atoms with Gasteiger partial charge in [-0.1, -0.05) is 0 Å². The highest BCUT2D eigenvalue weighted by Crippen LogP contribution is 2.35. The highest BCUT2D eigenvalue weighted by atomic mass is 79.9. The molecular formula is C8H6BrFO4. The van der Waals surface area contributed by atoms with Crippen LogP contribution in [0.25, 0.3) is 0 Å². The Hall–Kier alpha value is -1.30. The van der Waals surface area contributed by atoms with E-state index in [9.17, 15) is 14.3 Å². The maximum Gasteiger partial charge on any atom is 0.342 e. The van der Waals surface area contributed by atoms with Gasteiger partial charge in [-0.25, -0.2) is 9.18 Å². The van der Waals surface area contributed by atoms with Crippen molar-refractivity contribution < 1.29 is 24.1 Å². The van der Waals surface area contributed by atoms with Gasteiger partial charge in [-0.3, -0.25) is 0 Å². The first-order valence-electron chi connectivity index (χ1n) is 3.47. The van der Waals surface area contributed by atoms with E-state index < -0.39 is 23.1 Å². The largest absolute Gasteiger partial charge is 0.506 e. The van der Waals surface area contributed by atoms with Gasteiger partial charge in [-0.15, -0.1) is 0 Å². The van der Waals surface area contributed by atoms with Crippen molar-refractivity contribution in [2.45, 2.75) is 0 Å². The molecule has 1 aromatic rings. The molecule has 14 heavy (non-hydrogen) atoms. The molecule has 0 atom stereocenters. The number of carboxylic acids is 1. The number of benzene rings is 1. The fourth-order valence-corrected chi connectivity index (χ4v) is 1.34. The molecule has 0 fully saturated rings. The van der Waals surface area contributed by atoms with Crippen LogP contribution in [0.15, 0.2) is 10.5 Å². The summed E-state index contributed by atoms with van der Waals surface area (Å²) in [7, 11) is 1.20. The third-order valence-corrected chi connectivity index (χ3v) is 2.19. The van der Waals surface area contributed by atoms with Crippen molar-refractivity contribution >= 4 is 21.9 Å². The summed E-state index contributed by atoms with van der Waals surface area (Å²) in [6, 6.07) is 1.15. The van der Waals surface area contributed by atoms with Gasteiger partial charge in [0.2, 0.25) is 0 Å². The first-order valence-corrected chi connectivity index (χ1v) is 4.26. The Bertz CT molecular complexity index is 391. The summed E-state index contributed by atoms with van der Waals surface area (Å²) in [5.74, 6) is -3.55. The molecule has 0 aliphatic carbocycles. The van der Waals surface area contributed by atoms with Gasteiger partial charge >= 0.3 is 5.97 Å². The molecule has 4 nitrogen and oxygen atoms in total. The van der Waals surface area contributed by atoms with Gasteiger partial charge in [0.05, 0.1) is 11.6 Å². The normalized spacial score (nSPS) is 9.93. The number of methoxy groups -OCH3 is 1. The average Bonchev–Trinajstić information content (AvgIpc) is 2.11. The van der Waals surface area contributed by atoms with Gasteiger partial charge in [0.1, 0.15) is 11.3 Å². The number of phenols is 1. The van der Waals surface area contributed by atoms with Crippen molar-refractivity contribution in [3.8, 4) is 11.5 Å². The molecule has 0 bridgehead atoms. The molecule has 0 unspecified atom stereocenters. The summed E-state index contributed by atoms with van der Waals surface area (Å²) in [6.45, 7) is 0. The third kappa shape index (κ3) is 1.65. The monoisotopic (exact) mass is 264 g/mol. The van der Waals surface area contributed by atoms with Gasteiger partial charge in [0.25, 0.3) is 0 Å². The topological polar surface area (TPSA) is 66.8 Å². The molecule has 0 aliphatic rings. The number of hydrogen-bond donors (Lipinski definition) is 2. The summed E-state index contributed by atoms with van der Waals surface area (Å²) in [5.41, 5.74) is -0.809. The number of carbonyl (C=O) groups is 1. The van der Waals surface area contributed by atoms with Crippen LogP contribution in [-0.4, -0.2) is 23.3 Å². The Labute approximate surface area is 87.1 Å². The van der Waals surface area contributed by atoms with Gasteiger partial charge < -0.3 is 14.9 Å². The highest BCUT2D eigenvalue weighted by molar-refractivity contribution is 9.10. The summed E-state index contributed by atoms with van der Waals surface area (Å²) in [5, 5.41) is 17.9. The fraction of sp³-hybridized carbons (Fsp3) is 0.125. The lowest BCUT2D eigenvalue weighted by Crippen LogP contribution is -2.03. The van der Waals surface area contributed by atoms with Crippen LogP contribution >= 0.6 is 15.9 Å². The Morgan fingerprint density at radius 3 is 2.64 bits per heavy atom. The van der Waals surface area contributed by atoms with Crippen LogP contribution in [0, 0.1) is 5.82 Å². The number of hydrogen-bond acceptors (Lipinski definition) is 3. The predicted octanol–water partition coefficient (Wildman–Crippen LogP) is 2.00. The van der Waals surface area contributed by atoms with Gasteiger partial charge in [-0.05, 0) is 15.9 Å². The number of aromatic hydroxyl groups is 1. The van der Waals surface area contributed by atoms with E-state index in [0.717, 1.165) is 6.07 Å². The zero-order valence-electron chi connectivity index (χ0n) is 7.04. The second-order valence-corrected chi connectivity index (χ2v) is 3.26. The maximum absolute atomic E-state index is 13.3. The molecular weight excluding hydrogens is 259 g/mol. The van der Waals surface area contributed by atoms with Crippen molar-refractivity contribution in [2.24, 2.45) is 0 Å². The minimum Gasteiger partial charge on any atom is -0.506 e. The van der Waals surface area contributed by atoms with Gasteiger partial charge in [0, 0.05) is 6.07 Å². The first kappa shape index (κ1) is 10.8. The smallest absolute Gasteiger partial charge is 0.342 e. The second kappa shape index (κ2) is 3.83. The lowest BCUT2D eigenvalue weighted by Gasteiger charge is -2.07. The van der Waals surface area contributed by atoms with E-state index in [1.54, 1.807) is 0 Å². The van der Waals surface area contributed by atoms with Crippen LogP contribution in [0.2, 0.25) is 0 Å². The highest BCUT2D eigenvalue weighted by Gasteiger charge is 2.22. The number of halogens is 2. The van der Waals surface area contributed by atoms with Crippen molar-refractivity contribution in [1.29, 1.82) is 0 Å². The number of carboxylic acid groups (broad SMARTS) is 1. The van der Waals surface area contributed by atoms with E-state index in [2.05, 4.69) is 20.7 Å². The van der Waals surface area contributed by atoms with Crippen LogP contribution in [0.5, 0.6) is 11.5 Å². The molecule has 76 valence electrons. The van der Waals surface area contributed by atoms with E-state index in [1.165, 1.54) is 7.11 Å². The molecule has 0 saturated carbocycles. The van der Waals surface area contributed by atoms with E-state index in [1.807, 2.05) is 0 Å². The Balaban J connectivity index is 3.53. The first-order chi connectivity index (χ1) is 6.49. The Morgan fingerprint density at radius 2 is 2.21 bits per heavy atom. The molecule has 0 aromatic heterocycles. The zero-order valence-corrected chi connectivity index (χ0v) is 8.63. The van der Waals surface area contributed by atoms with Crippen molar-refractivity contribution in [3.05, 3.63) is 21.9 Å². The quantitative estimate of drug-likeness (QED) is 0.858. The fourth-order valence-electron chi connectivity index (χ4n) is 0.937. The molecule has 0 radical (unpaired) electrons. The van der Waals surface area contributed by atoms with Crippen LogP contribution in [0.4, 0.5) is 4.39 Å². The summed E-state index contributed by atoms with van der Waals surface area (Å²) < 4.78 is 17.9. The standard InChI is InChI=1S/C8H6BrFO4/c1-14-4-2-3(9)7(11)5(6(4)10)8(12)13/h2,11H,1H3,(H,12,13). The molecule has 1 rings (SSSR count). The zero-order chi connectivity index (χ0) is 10.9. The van der Waals surface area contributed by atoms with E-state index in [-0.39, 0.29) is 10.2 Å². The molecule has 0 amide bonds. The minimum absolute atomic E-state index is 0.0631. The van der Waals surface area contributed by atoms with E-state index in [0.29, 0.717) is 0 Å². The van der Waals surface area contributed by atoms with Crippen molar-refractivity contribution in [2.75, 3.05) is 7.11 Å². The molecule has 0 saturated heterocycles. The Morgan fingerprint density at radius 1 is 1.64 bits per heavy atom. The molecule has 1 aromatic carbocycles. The molecule has 2 N–H and O–H groups in total. The summed E-state index contributed by atoms with van der Waals surface area (Å²) in [4.78, 5) is 10.6. The minimum atomic E-state index is -1.56. The average molecular weight is 265 g/mol. The molecule has 0 aliphatic heterocycles. The summed E-state index contributed by atoms with van der Waals surface area (Å²) in [6.07, 6.45) is 0. The number of rotatable bonds is 2. The van der Waals surface area contributed by atoms with Crippen LogP contribution in [0.3, 0.4) is 0 Å². The van der Waals surface area contributed by atoms with E-state index >= 15 is 0 Å². The molecule has 6 heteroatoms. The maximum atomic E-state index is 13.3. The Kier molecular flexibility index (Phi) is 2.95. The predicted molar refractivity (Wildman–Crippen MR) is 49.3 cm³/mol. The SMILES string of the molecule is COc1cc(Br)c(O)c(C(=O)O)c1F. The van der Waals surface area contributed by atoms with Gasteiger partial charge in [-0.2, -0.15) is 0 Å². The van der Waals surface area contributed by atoms with E-state index in [4.69, 9.17) is 5.11 Å². The third-order valence-electron chi connectivity index (χ3n) is 1.59. The van der Waals surface area contributed by atoms with Crippen LogP contribution < -0.4 is 4.74 Å². The molecule has 0 heterocycles. The lowest BCUT2D eigenvalue weighted by molar-refractivity contribution is 0.0687. The number of ether oxygens (including phenoxy) is 1. The van der Waals surface area contributed by atoms with Crippen molar-refractivity contribution in [3.63, 3.8) is 0 Å². The summed E-state index contributed by atoms with van der Waals surface area (Å²) >= 11 is 2.88. The van der Waals surface area contributed by atoms with Gasteiger partial charge in [0.15, 0.2) is 11.6 Å². The number of aromatic carboxylic acids is 1.